The SMILES string of the molecule is c1ccc(-c2ccc(-c3cc4c(cc3-c3ccc(N(c5ccccc5)c5ccc(-c6ccccc6)cc5)cc3)sc3ccccc34)cc2)cc1. The molecule has 0 aliphatic carbocycles. The summed E-state index contributed by atoms with van der Waals surface area (Å²) < 4.78 is 2.62. The van der Waals surface area contributed by atoms with Gasteiger partial charge in [0.15, 0.2) is 0 Å². The summed E-state index contributed by atoms with van der Waals surface area (Å²) in [5.74, 6) is 0. The lowest BCUT2D eigenvalue weighted by molar-refractivity contribution is 1.28. The number of rotatable bonds is 7. The number of thiophene rings is 1. The van der Waals surface area contributed by atoms with Crippen LogP contribution in [0.2, 0.25) is 0 Å². The predicted octanol–water partition coefficient (Wildman–Crippen LogP) is 14.2. The molecule has 0 unspecified atom stereocenters. The van der Waals surface area contributed by atoms with Crippen molar-refractivity contribution in [2.75, 3.05) is 4.90 Å². The number of hydrogen-bond donors (Lipinski definition) is 0. The van der Waals surface area contributed by atoms with Crippen LogP contribution in [-0.2, 0) is 0 Å². The van der Waals surface area contributed by atoms with Crippen LogP contribution in [0, 0.1) is 0 Å². The van der Waals surface area contributed by atoms with Crippen LogP contribution < -0.4 is 4.90 Å². The highest BCUT2D eigenvalue weighted by atomic mass is 32.1. The fourth-order valence-corrected chi connectivity index (χ4v) is 8.10. The van der Waals surface area contributed by atoms with Gasteiger partial charge in [0.1, 0.15) is 0 Å². The third kappa shape index (κ3) is 5.66. The van der Waals surface area contributed by atoms with Crippen molar-refractivity contribution in [2.45, 2.75) is 0 Å². The molecular formula is C48H33NS. The molecule has 1 nitrogen and oxygen atoms in total. The number of anilines is 3. The van der Waals surface area contributed by atoms with Crippen molar-refractivity contribution in [1.82, 2.24) is 0 Å². The van der Waals surface area contributed by atoms with Gasteiger partial charge in [0.05, 0.1) is 0 Å². The Balaban J connectivity index is 1.14. The first-order valence-electron chi connectivity index (χ1n) is 17.0. The quantitative estimate of drug-likeness (QED) is 0.165. The molecule has 0 aliphatic heterocycles. The van der Waals surface area contributed by atoms with Crippen LogP contribution >= 0.6 is 11.3 Å². The van der Waals surface area contributed by atoms with Crippen molar-refractivity contribution in [3.63, 3.8) is 0 Å². The summed E-state index contributed by atoms with van der Waals surface area (Å²) in [5.41, 5.74) is 13.1. The number of hydrogen-bond acceptors (Lipinski definition) is 2. The van der Waals surface area contributed by atoms with Crippen LogP contribution in [0.4, 0.5) is 17.1 Å². The lowest BCUT2D eigenvalue weighted by Gasteiger charge is -2.26. The van der Waals surface area contributed by atoms with Crippen molar-refractivity contribution in [2.24, 2.45) is 0 Å². The van der Waals surface area contributed by atoms with Crippen LogP contribution in [0.1, 0.15) is 0 Å². The molecule has 0 saturated carbocycles. The first-order chi connectivity index (χ1) is 24.8. The average Bonchev–Trinajstić information content (AvgIpc) is 3.57. The lowest BCUT2D eigenvalue weighted by atomic mass is 9.91. The molecule has 9 aromatic rings. The molecule has 0 bridgehead atoms. The first-order valence-corrected chi connectivity index (χ1v) is 17.8. The zero-order chi connectivity index (χ0) is 33.3. The van der Waals surface area contributed by atoms with Gasteiger partial charge in [-0.05, 0) is 99.1 Å². The lowest BCUT2D eigenvalue weighted by Crippen LogP contribution is -2.09. The maximum absolute atomic E-state index is 2.40. The second-order valence-corrected chi connectivity index (χ2v) is 13.7. The van der Waals surface area contributed by atoms with Crippen LogP contribution in [0.3, 0.4) is 0 Å². The van der Waals surface area contributed by atoms with E-state index in [1.165, 1.54) is 64.7 Å². The standard InChI is InChI=1S/C48H33NS/c1-4-12-34(13-5-1)36-20-22-38(23-21-36)44-32-46-43-18-10-11-19-47(43)50-48(46)33-45(44)39-26-30-42(31-27-39)49(40-16-8-3-9-17-40)41-28-24-37(25-29-41)35-14-6-2-7-15-35/h1-33H. The van der Waals surface area contributed by atoms with Crippen molar-refractivity contribution in [3.05, 3.63) is 200 Å². The van der Waals surface area contributed by atoms with Crippen molar-refractivity contribution in [1.29, 1.82) is 0 Å². The Hall–Kier alpha value is -6.22. The minimum atomic E-state index is 1.11. The highest BCUT2D eigenvalue weighted by Gasteiger charge is 2.16. The topological polar surface area (TPSA) is 3.24 Å². The Morgan fingerprint density at radius 2 is 0.680 bits per heavy atom. The summed E-state index contributed by atoms with van der Waals surface area (Å²) in [6.45, 7) is 0. The van der Waals surface area contributed by atoms with Crippen LogP contribution in [0.25, 0.3) is 64.7 Å². The third-order valence-corrected chi connectivity index (χ3v) is 10.6. The van der Waals surface area contributed by atoms with Gasteiger partial charge in [0.25, 0.3) is 0 Å². The molecule has 0 N–H and O–H groups in total. The fourth-order valence-electron chi connectivity index (χ4n) is 6.97. The van der Waals surface area contributed by atoms with E-state index in [1.807, 2.05) is 11.3 Å². The minimum Gasteiger partial charge on any atom is -0.311 e. The van der Waals surface area contributed by atoms with E-state index in [1.54, 1.807) is 0 Å². The fraction of sp³-hybridized carbons (Fsp3) is 0. The molecule has 0 spiro atoms. The zero-order valence-corrected chi connectivity index (χ0v) is 28.2. The molecule has 0 atom stereocenters. The van der Waals surface area contributed by atoms with Gasteiger partial charge >= 0.3 is 0 Å². The van der Waals surface area contributed by atoms with Gasteiger partial charge in [-0.15, -0.1) is 11.3 Å². The molecule has 2 heteroatoms. The van der Waals surface area contributed by atoms with Crippen LogP contribution in [-0.4, -0.2) is 0 Å². The monoisotopic (exact) mass is 655 g/mol. The van der Waals surface area contributed by atoms with E-state index < -0.39 is 0 Å². The number of para-hydroxylation sites is 1. The van der Waals surface area contributed by atoms with Gasteiger partial charge in [-0.25, -0.2) is 0 Å². The van der Waals surface area contributed by atoms with Crippen LogP contribution in [0.15, 0.2) is 200 Å². The van der Waals surface area contributed by atoms with E-state index in [2.05, 4.69) is 205 Å². The van der Waals surface area contributed by atoms with Gasteiger partial charge in [-0.1, -0.05) is 146 Å². The summed E-state index contributed by atoms with van der Waals surface area (Å²) in [6.07, 6.45) is 0. The molecule has 236 valence electrons. The molecule has 1 aromatic heterocycles. The number of nitrogens with zero attached hydrogens (tertiary/aromatic N) is 1. The second kappa shape index (κ2) is 13.0. The Morgan fingerprint density at radius 3 is 1.26 bits per heavy atom. The Bertz CT molecular complexity index is 2530. The van der Waals surface area contributed by atoms with Gasteiger partial charge in [0, 0.05) is 37.2 Å². The number of fused-ring (bicyclic) bond motifs is 3. The highest BCUT2D eigenvalue weighted by molar-refractivity contribution is 7.25. The van der Waals surface area contributed by atoms with Gasteiger partial charge < -0.3 is 4.90 Å². The molecule has 50 heavy (non-hydrogen) atoms. The van der Waals surface area contributed by atoms with Crippen molar-refractivity contribution in [3.8, 4) is 44.5 Å². The molecule has 0 radical (unpaired) electrons. The van der Waals surface area contributed by atoms with E-state index >= 15 is 0 Å². The predicted molar refractivity (Wildman–Crippen MR) is 216 cm³/mol. The highest BCUT2D eigenvalue weighted by Crippen LogP contribution is 2.43. The molecule has 9 rings (SSSR count). The smallest absolute Gasteiger partial charge is 0.0462 e. The van der Waals surface area contributed by atoms with Crippen molar-refractivity contribution >= 4 is 48.6 Å². The Kier molecular flexibility index (Phi) is 7.77. The molecule has 1 heterocycles. The summed E-state index contributed by atoms with van der Waals surface area (Å²) >= 11 is 1.87. The first kappa shape index (κ1) is 29.9. The van der Waals surface area contributed by atoms with Gasteiger partial charge in [-0.3, -0.25) is 0 Å². The van der Waals surface area contributed by atoms with Gasteiger partial charge in [-0.2, -0.15) is 0 Å². The Labute approximate surface area is 297 Å². The van der Waals surface area contributed by atoms with E-state index in [4.69, 9.17) is 0 Å². The summed E-state index contributed by atoms with van der Waals surface area (Å²) in [6, 6.07) is 72.3. The Morgan fingerprint density at radius 1 is 0.280 bits per heavy atom. The molecule has 0 fully saturated rings. The normalized spacial score (nSPS) is 11.2. The van der Waals surface area contributed by atoms with Crippen molar-refractivity contribution < 1.29 is 0 Å². The zero-order valence-electron chi connectivity index (χ0n) is 27.4. The minimum absolute atomic E-state index is 1.11. The van der Waals surface area contributed by atoms with Crippen LogP contribution in [0.5, 0.6) is 0 Å². The van der Waals surface area contributed by atoms with E-state index in [0.717, 1.165) is 17.1 Å². The second-order valence-electron chi connectivity index (χ2n) is 12.6. The van der Waals surface area contributed by atoms with E-state index in [-0.39, 0.29) is 0 Å². The van der Waals surface area contributed by atoms with E-state index in [9.17, 15) is 0 Å². The summed E-state index contributed by atoms with van der Waals surface area (Å²) in [5, 5.41) is 2.62. The largest absolute Gasteiger partial charge is 0.311 e. The molecular weight excluding hydrogens is 623 g/mol. The molecule has 0 aliphatic rings. The molecule has 0 saturated heterocycles. The number of benzene rings is 8. The maximum atomic E-state index is 2.40. The third-order valence-electron chi connectivity index (χ3n) is 9.50. The van der Waals surface area contributed by atoms with E-state index in [0.29, 0.717) is 0 Å². The summed E-state index contributed by atoms with van der Waals surface area (Å²) in [4.78, 5) is 2.33. The average molecular weight is 656 g/mol. The maximum Gasteiger partial charge on any atom is 0.0462 e. The molecule has 8 aromatic carbocycles. The van der Waals surface area contributed by atoms with Gasteiger partial charge in [0.2, 0.25) is 0 Å². The summed E-state index contributed by atoms with van der Waals surface area (Å²) in [7, 11) is 0. The molecule has 0 amide bonds.